The molecule has 1 aliphatic rings. The molecule has 0 bridgehead atoms. The number of rotatable bonds is 4. The van der Waals surface area contributed by atoms with Gasteiger partial charge in [-0.15, -0.1) is 0 Å². The van der Waals surface area contributed by atoms with Gasteiger partial charge in [0.2, 0.25) is 5.88 Å². The van der Waals surface area contributed by atoms with E-state index in [0.717, 1.165) is 0 Å². The van der Waals surface area contributed by atoms with E-state index in [2.05, 4.69) is 11.1 Å². The molecule has 1 fully saturated rings. The van der Waals surface area contributed by atoms with Crippen molar-refractivity contribution in [1.82, 2.24) is 9.88 Å². The van der Waals surface area contributed by atoms with Gasteiger partial charge in [-0.05, 0) is 25.0 Å². The Hall–Kier alpha value is -1.38. The summed E-state index contributed by atoms with van der Waals surface area (Å²) in [5.74, 6) is 0.264. The van der Waals surface area contributed by atoms with E-state index in [9.17, 15) is 4.39 Å². The maximum atomic E-state index is 14.5. The maximum Gasteiger partial charge on any atom is 0.232 e. The number of pyridine rings is 1. The number of alkyl halides is 1. The first-order chi connectivity index (χ1) is 9.13. The van der Waals surface area contributed by atoms with Crippen molar-refractivity contribution in [2.75, 3.05) is 26.2 Å². The topological polar surface area (TPSA) is 49.2 Å². The van der Waals surface area contributed by atoms with Crippen molar-refractivity contribution in [3.05, 3.63) is 23.4 Å². The number of nitrogens with zero attached hydrogens (tertiary/aromatic N) is 3. The molecule has 0 atom stereocenters. The Bertz CT molecular complexity index is 469. The van der Waals surface area contributed by atoms with E-state index in [-0.39, 0.29) is 12.5 Å². The van der Waals surface area contributed by atoms with Crippen molar-refractivity contribution < 1.29 is 9.13 Å². The van der Waals surface area contributed by atoms with Crippen molar-refractivity contribution in [3.63, 3.8) is 0 Å². The van der Waals surface area contributed by atoms with Crippen LogP contribution in [0.3, 0.4) is 0 Å². The van der Waals surface area contributed by atoms with E-state index >= 15 is 0 Å². The Kier molecular flexibility index (Phi) is 4.56. The quantitative estimate of drug-likeness (QED) is 0.797. The monoisotopic (exact) mass is 283 g/mol. The number of halogens is 2. The Labute approximate surface area is 116 Å². The largest absolute Gasteiger partial charge is 0.473 e. The standard InChI is InChI=1S/C13H15ClFN3O/c14-11-2-1-6-17-12(11)19-10-13(15)3-7-18(8-4-13)9-5-16/h1-2,6H,3-4,7-10H2. The molecule has 19 heavy (non-hydrogen) atoms. The molecule has 0 amide bonds. The van der Waals surface area contributed by atoms with Gasteiger partial charge in [0.1, 0.15) is 17.3 Å². The molecule has 4 nitrogen and oxygen atoms in total. The van der Waals surface area contributed by atoms with Crippen LogP contribution in [0, 0.1) is 11.3 Å². The molecule has 1 aromatic heterocycles. The zero-order valence-electron chi connectivity index (χ0n) is 10.5. The predicted octanol–water partition coefficient (Wildman–Crippen LogP) is 2.44. The summed E-state index contributed by atoms with van der Waals surface area (Å²) in [6.07, 6.45) is 2.28. The van der Waals surface area contributed by atoms with Crippen LogP contribution < -0.4 is 4.74 Å². The molecule has 0 radical (unpaired) electrons. The fourth-order valence-electron chi connectivity index (χ4n) is 2.03. The molecule has 102 valence electrons. The van der Waals surface area contributed by atoms with Gasteiger partial charge >= 0.3 is 0 Å². The highest BCUT2D eigenvalue weighted by molar-refractivity contribution is 6.31. The zero-order valence-corrected chi connectivity index (χ0v) is 11.2. The average Bonchev–Trinajstić information content (AvgIpc) is 2.41. The number of nitriles is 1. The lowest BCUT2D eigenvalue weighted by Gasteiger charge is -2.34. The highest BCUT2D eigenvalue weighted by Gasteiger charge is 2.35. The first-order valence-corrected chi connectivity index (χ1v) is 6.52. The third-order valence-corrected chi connectivity index (χ3v) is 3.53. The third-order valence-electron chi connectivity index (χ3n) is 3.24. The van der Waals surface area contributed by atoms with Crippen LogP contribution in [0.2, 0.25) is 5.02 Å². The molecular weight excluding hydrogens is 269 g/mol. The SMILES string of the molecule is N#CCN1CCC(F)(COc2ncccc2Cl)CC1. The van der Waals surface area contributed by atoms with Crippen LogP contribution in [0.25, 0.3) is 0 Å². The smallest absolute Gasteiger partial charge is 0.232 e. The predicted molar refractivity (Wildman–Crippen MR) is 69.9 cm³/mol. The van der Waals surface area contributed by atoms with Crippen LogP contribution in [-0.2, 0) is 0 Å². The summed E-state index contributed by atoms with van der Waals surface area (Å²) in [6.45, 7) is 1.44. The van der Waals surface area contributed by atoms with E-state index in [1.807, 2.05) is 4.90 Å². The van der Waals surface area contributed by atoms with Crippen molar-refractivity contribution in [2.24, 2.45) is 0 Å². The Balaban J connectivity index is 1.87. The summed E-state index contributed by atoms with van der Waals surface area (Å²) < 4.78 is 19.9. The van der Waals surface area contributed by atoms with Crippen LogP contribution in [0.1, 0.15) is 12.8 Å². The van der Waals surface area contributed by atoms with Crippen molar-refractivity contribution in [3.8, 4) is 11.9 Å². The minimum absolute atomic E-state index is 0.0515. The maximum absolute atomic E-state index is 14.5. The van der Waals surface area contributed by atoms with Crippen molar-refractivity contribution >= 4 is 11.6 Å². The van der Waals surface area contributed by atoms with E-state index in [4.69, 9.17) is 21.6 Å². The number of likely N-dealkylation sites (tertiary alicyclic amines) is 1. The van der Waals surface area contributed by atoms with E-state index in [1.165, 1.54) is 0 Å². The van der Waals surface area contributed by atoms with Crippen molar-refractivity contribution in [2.45, 2.75) is 18.5 Å². The van der Waals surface area contributed by atoms with Gasteiger partial charge in [-0.25, -0.2) is 9.37 Å². The molecule has 0 spiro atoms. The number of hydrogen-bond donors (Lipinski definition) is 0. The van der Waals surface area contributed by atoms with Gasteiger partial charge in [-0.1, -0.05) is 11.6 Å². The molecule has 2 rings (SSSR count). The van der Waals surface area contributed by atoms with Gasteiger partial charge in [0.25, 0.3) is 0 Å². The highest BCUT2D eigenvalue weighted by Crippen LogP contribution is 2.28. The van der Waals surface area contributed by atoms with E-state index in [0.29, 0.717) is 37.5 Å². The number of ether oxygens (including phenoxy) is 1. The normalized spacial score (nSPS) is 18.8. The zero-order chi connectivity index (χ0) is 13.7. The van der Waals surface area contributed by atoms with E-state index in [1.54, 1.807) is 18.3 Å². The second-order valence-corrected chi connectivity index (χ2v) is 5.07. The Morgan fingerprint density at radius 2 is 2.26 bits per heavy atom. The van der Waals surface area contributed by atoms with Crippen LogP contribution in [0.4, 0.5) is 4.39 Å². The van der Waals surface area contributed by atoms with Crippen LogP contribution in [0.15, 0.2) is 18.3 Å². The Morgan fingerprint density at radius 3 is 2.89 bits per heavy atom. The van der Waals surface area contributed by atoms with Gasteiger partial charge in [0.05, 0.1) is 12.6 Å². The van der Waals surface area contributed by atoms with Gasteiger partial charge in [0.15, 0.2) is 0 Å². The van der Waals surface area contributed by atoms with Crippen LogP contribution in [0.5, 0.6) is 5.88 Å². The molecule has 0 saturated carbocycles. The van der Waals surface area contributed by atoms with Crippen LogP contribution in [-0.4, -0.2) is 41.8 Å². The van der Waals surface area contributed by atoms with Crippen LogP contribution >= 0.6 is 11.6 Å². The first kappa shape index (κ1) is 14.0. The number of piperidine rings is 1. The van der Waals surface area contributed by atoms with E-state index < -0.39 is 5.67 Å². The molecule has 1 aromatic rings. The highest BCUT2D eigenvalue weighted by atomic mass is 35.5. The number of hydrogen-bond acceptors (Lipinski definition) is 4. The second kappa shape index (κ2) is 6.18. The van der Waals surface area contributed by atoms with Gasteiger partial charge < -0.3 is 4.74 Å². The van der Waals surface area contributed by atoms with Gasteiger partial charge in [0, 0.05) is 19.3 Å². The van der Waals surface area contributed by atoms with Crippen molar-refractivity contribution in [1.29, 1.82) is 5.26 Å². The molecule has 6 heteroatoms. The first-order valence-electron chi connectivity index (χ1n) is 6.14. The molecule has 0 aliphatic carbocycles. The fourth-order valence-corrected chi connectivity index (χ4v) is 2.21. The molecule has 0 unspecified atom stereocenters. The summed E-state index contributed by atoms with van der Waals surface area (Å²) in [6, 6.07) is 5.43. The lowest BCUT2D eigenvalue weighted by atomic mass is 9.94. The molecule has 0 aromatic carbocycles. The summed E-state index contributed by atoms with van der Waals surface area (Å²) in [7, 11) is 0. The summed E-state index contributed by atoms with van der Waals surface area (Å²) in [5, 5.41) is 8.98. The lowest BCUT2D eigenvalue weighted by Crippen LogP contribution is -2.45. The average molecular weight is 284 g/mol. The fraction of sp³-hybridized carbons (Fsp3) is 0.538. The summed E-state index contributed by atoms with van der Waals surface area (Å²) >= 11 is 5.90. The Morgan fingerprint density at radius 1 is 1.53 bits per heavy atom. The lowest BCUT2D eigenvalue weighted by molar-refractivity contribution is 0.0197. The molecule has 2 heterocycles. The second-order valence-electron chi connectivity index (χ2n) is 4.66. The summed E-state index contributed by atoms with van der Waals surface area (Å²) in [5.41, 5.74) is -1.37. The molecule has 1 aliphatic heterocycles. The number of aromatic nitrogens is 1. The minimum atomic E-state index is -1.37. The third kappa shape index (κ3) is 3.79. The van der Waals surface area contributed by atoms with Gasteiger partial charge in [-0.2, -0.15) is 5.26 Å². The van der Waals surface area contributed by atoms with Gasteiger partial charge in [-0.3, -0.25) is 4.90 Å². The molecular formula is C13H15ClFN3O. The molecule has 1 saturated heterocycles. The minimum Gasteiger partial charge on any atom is -0.473 e. The summed E-state index contributed by atoms with van der Waals surface area (Å²) in [4.78, 5) is 5.90. The molecule has 0 N–H and O–H groups in total.